The summed E-state index contributed by atoms with van der Waals surface area (Å²) in [5.41, 5.74) is 0.420. The first-order valence-electron chi connectivity index (χ1n) is 3.84. The standard InChI is InChI=1S/C8H10N2O3/c1-10-7(11)4-2-6(9-10)3-5-8(12)13/h2,4H,3,5H2,1H3,(H,12,13). The monoisotopic (exact) mass is 182 g/mol. The molecule has 0 radical (unpaired) electrons. The first-order valence-corrected chi connectivity index (χ1v) is 3.84. The van der Waals surface area contributed by atoms with Crippen LogP contribution in [0.1, 0.15) is 12.1 Å². The third kappa shape index (κ3) is 2.70. The second kappa shape index (κ2) is 3.84. The zero-order valence-corrected chi connectivity index (χ0v) is 7.23. The van der Waals surface area contributed by atoms with Gasteiger partial charge in [-0.15, -0.1) is 0 Å². The van der Waals surface area contributed by atoms with Crippen molar-refractivity contribution >= 4 is 5.97 Å². The van der Waals surface area contributed by atoms with Crippen molar-refractivity contribution in [1.29, 1.82) is 0 Å². The summed E-state index contributed by atoms with van der Waals surface area (Å²) in [4.78, 5) is 21.1. The van der Waals surface area contributed by atoms with Crippen LogP contribution in [0.4, 0.5) is 0 Å². The van der Waals surface area contributed by atoms with E-state index in [0.717, 1.165) is 0 Å². The van der Waals surface area contributed by atoms with Crippen LogP contribution in [0, 0.1) is 0 Å². The Morgan fingerprint density at radius 1 is 1.62 bits per heavy atom. The zero-order valence-electron chi connectivity index (χ0n) is 7.23. The van der Waals surface area contributed by atoms with E-state index in [2.05, 4.69) is 5.10 Å². The van der Waals surface area contributed by atoms with Crippen molar-refractivity contribution in [2.75, 3.05) is 0 Å². The molecule has 70 valence electrons. The van der Waals surface area contributed by atoms with E-state index in [0.29, 0.717) is 12.1 Å². The van der Waals surface area contributed by atoms with Gasteiger partial charge in [0.15, 0.2) is 0 Å². The Labute approximate surface area is 74.6 Å². The maximum atomic E-state index is 10.9. The van der Waals surface area contributed by atoms with Crippen molar-refractivity contribution in [3.05, 3.63) is 28.2 Å². The first kappa shape index (κ1) is 9.44. The van der Waals surface area contributed by atoms with Gasteiger partial charge in [0.2, 0.25) is 0 Å². The van der Waals surface area contributed by atoms with Crippen LogP contribution in [-0.4, -0.2) is 20.9 Å². The summed E-state index contributed by atoms with van der Waals surface area (Å²) in [5.74, 6) is -0.865. The van der Waals surface area contributed by atoms with Crippen molar-refractivity contribution in [2.24, 2.45) is 7.05 Å². The second-order valence-corrected chi connectivity index (χ2v) is 2.68. The highest BCUT2D eigenvalue weighted by atomic mass is 16.4. The fraction of sp³-hybridized carbons (Fsp3) is 0.375. The molecule has 13 heavy (non-hydrogen) atoms. The Balaban J connectivity index is 2.74. The molecule has 0 atom stereocenters. The molecule has 1 N–H and O–H groups in total. The SMILES string of the molecule is Cn1nc(CCC(=O)O)ccc1=O. The summed E-state index contributed by atoms with van der Waals surface area (Å²) in [6.07, 6.45) is 0.384. The largest absolute Gasteiger partial charge is 0.481 e. The van der Waals surface area contributed by atoms with E-state index in [-0.39, 0.29) is 12.0 Å². The average Bonchev–Trinajstić information content (AvgIpc) is 2.07. The minimum atomic E-state index is -0.865. The maximum absolute atomic E-state index is 10.9. The first-order chi connectivity index (χ1) is 6.09. The van der Waals surface area contributed by atoms with Gasteiger partial charge in [-0.25, -0.2) is 4.68 Å². The Bertz CT molecular complexity index is 370. The number of rotatable bonds is 3. The molecule has 0 aromatic carbocycles. The molecule has 0 aliphatic rings. The predicted molar refractivity (Wildman–Crippen MR) is 45.4 cm³/mol. The molecule has 0 saturated heterocycles. The van der Waals surface area contributed by atoms with E-state index in [1.54, 1.807) is 6.07 Å². The smallest absolute Gasteiger partial charge is 0.303 e. The van der Waals surface area contributed by atoms with Crippen molar-refractivity contribution in [1.82, 2.24) is 9.78 Å². The van der Waals surface area contributed by atoms with Gasteiger partial charge in [-0.3, -0.25) is 9.59 Å². The third-order valence-electron chi connectivity index (χ3n) is 1.61. The summed E-state index contributed by atoms with van der Waals surface area (Å²) >= 11 is 0. The number of aryl methyl sites for hydroxylation is 2. The molecule has 0 saturated carbocycles. The lowest BCUT2D eigenvalue weighted by Gasteiger charge is -1.99. The summed E-state index contributed by atoms with van der Waals surface area (Å²) in [6.45, 7) is 0. The summed E-state index contributed by atoms with van der Waals surface area (Å²) in [5, 5.41) is 12.3. The van der Waals surface area contributed by atoms with Crippen LogP contribution in [0.25, 0.3) is 0 Å². The van der Waals surface area contributed by atoms with Crippen LogP contribution >= 0.6 is 0 Å². The highest BCUT2D eigenvalue weighted by molar-refractivity contribution is 5.66. The van der Waals surface area contributed by atoms with Gasteiger partial charge in [0.25, 0.3) is 5.56 Å². The Kier molecular flexibility index (Phi) is 2.79. The van der Waals surface area contributed by atoms with Gasteiger partial charge in [0.1, 0.15) is 0 Å². The number of aromatic nitrogens is 2. The highest BCUT2D eigenvalue weighted by Gasteiger charge is 2.01. The quantitative estimate of drug-likeness (QED) is 0.702. The summed E-state index contributed by atoms with van der Waals surface area (Å²) in [7, 11) is 1.53. The highest BCUT2D eigenvalue weighted by Crippen LogP contribution is 1.95. The summed E-state index contributed by atoms with van der Waals surface area (Å²) < 4.78 is 1.19. The topological polar surface area (TPSA) is 72.2 Å². The van der Waals surface area contributed by atoms with Gasteiger partial charge in [0.05, 0.1) is 12.1 Å². The van der Waals surface area contributed by atoms with E-state index in [4.69, 9.17) is 5.11 Å². The second-order valence-electron chi connectivity index (χ2n) is 2.68. The van der Waals surface area contributed by atoms with Crippen molar-refractivity contribution < 1.29 is 9.90 Å². The van der Waals surface area contributed by atoms with E-state index < -0.39 is 5.97 Å². The number of hydrogen-bond donors (Lipinski definition) is 1. The Morgan fingerprint density at radius 3 is 2.85 bits per heavy atom. The lowest BCUT2D eigenvalue weighted by atomic mass is 10.2. The number of aliphatic carboxylic acids is 1. The molecule has 0 bridgehead atoms. The van der Waals surface area contributed by atoms with Crippen molar-refractivity contribution in [3.63, 3.8) is 0 Å². The Hall–Kier alpha value is -1.65. The molecule has 5 heteroatoms. The maximum Gasteiger partial charge on any atom is 0.303 e. The van der Waals surface area contributed by atoms with E-state index in [9.17, 15) is 9.59 Å². The third-order valence-corrected chi connectivity index (χ3v) is 1.61. The number of carboxylic acid groups (broad SMARTS) is 1. The molecular formula is C8H10N2O3. The molecule has 0 spiro atoms. The average molecular weight is 182 g/mol. The van der Waals surface area contributed by atoms with Gasteiger partial charge in [0, 0.05) is 19.5 Å². The molecule has 0 aliphatic carbocycles. The minimum Gasteiger partial charge on any atom is -0.481 e. The van der Waals surface area contributed by atoms with E-state index in [1.165, 1.54) is 17.8 Å². The van der Waals surface area contributed by atoms with Crippen LogP contribution in [0.2, 0.25) is 0 Å². The van der Waals surface area contributed by atoms with Gasteiger partial charge in [-0.2, -0.15) is 5.10 Å². The van der Waals surface area contributed by atoms with Crippen LogP contribution in [0.5, 0.6) is 0 Å². The lowest BCUT2D eigenvalue weighted by molar-refractivity contribution is -0.136. The molecular weight excluding hydrogens is 172 g/mol. The van der Waals surface area contributed by atoms with Crippen LogP contribution in [-0.2, 0) is 18.3 Å². The molecule has 1 heterocycles. The Morgan fingerprint density at radius 2 is 2.31 bits per heavy atom. The number of nitrogens with zero attached hydrogens (tertiary/aromatic N) is 2. The van der Waals surface area contributed by atoms with Gasteiger partial charge in [-0.1, -0.05) is 0 Å². The zero-order chi connectivity index (χ0) is 9.84. The normalized spacial score (nSPS) is 9.92. The molecule has 0 aliphatic heterocycles. The van der Waals surface area contributed by atoms with Gasteiger partial charge < -0.3 is 5.11 Å². The molecule has 0 unspecified atom stereocenters. The van der Waals surface area contributed by atoms with Crippen LogP contribution in [0.3, 0.4) is 0 Å². The fourth-order valence-electron chi connectivity index (χ4n) is 0.919. The molecule has 1 aromatic rings. The van der Waals surface area contributed by atoms with Gasteiger partial charge >= 0.3 is 5.97 Å². The minimum absolute atomic E-state index is 0.0329. The van der Waals surface area contributed by atoms with E-state index >= 15 is 0 Å². The number of hydrogen-bond acceptors (Lipinski definition) is 3. The van der Waals surface area contributed by atoms with Crippen LogP contribution < -0.4 is 5.56 Å². The van der Waals surface area contributed by atoms with Crippen molar-refractivity contribution in [2.45, 2.75) is 12.8 Å². The van der Waals surface area contributed by atoms with Crippen LogP contribution in [0.15, 0.2) is 16.9 Å². The van der Waals surface area contributed by atoms with Crippen molar-refractivity contribution in [3.8, 4) is 0 Å². The molecule has 0 amide bonds. The fourth-order valence-corrected chi connectivity index (χ4v) is 0.919. The summed E-state index contributed by atoms with van der Waals surface area (Å²) in [6, 6.07) is 2.93. The molecule has 5 nitrogen and oxygen atoms in total. The molecule has 1 rings (SSSR count). The predicted octanol–water partition coefficient (Wildman–Crippen LogP) is -0.203. The van der Waals surface area contributed by atoms with E-state index in [1.807, 2.05) is 0 Å². The molecule has 1 aromatic heterocycles. The molecule has 0 fully saturated rings. The lowest BCUT2D eigenvalue weighted by Crippen LogP contribution is -2.19. The van der Waals surface area contributed by atoms with Gasteiger partial charge in [-0.05, 0) is 6.07 Å². The number of carbonyl (C=O) groups is 1. The number of carboxylic acids is 1.